The van der Waals surface area contributed by atoms with Crippen molar-refractivity contribution in [2.75, 3.05) is 22.1 Å². The van der Waals surface area contributed by atoms with E-state index in [-0.39, 0.29) is 11.1 Å². The summed E-state index contributed by atoms with van der Waals surface area (Å²) in [7, 11) is 0. The third-order valence-corrected chi connectivity index (χ3v) is 4.16. The zero-order valence-corrected chi connectivity index (χ0v) is 15.2. The van der Waals surface area contributed by atoms with Crippen molar-refractivity contribution in [2.24, 2.45) is 0 Å². The van der Waals surface area contributed by atoms with E-state index >= 15 is 0 Å². The van der Waals surface area contributed by atoms with Gasteiger partial charge in [-0.25, -0.2) is 0 Å². The van der Waals surface area contributed by atoms with E-state index in [1.54, 1.807) is 55.5 Å². The number of hydrogen-bond donors (Lipinski definition) is 5. The molecule has 0 bridgehead atoms. The second-order valence-corrected chi connectivity index (χ2v) is 6.29. The molecule has 0 saturated heterocycles. The first-order valence-corrected chi connectivity index (χ1v) is 8.52. The second kappa shape index (κ2) is 7.71. The van der Waals surface area contributed by atoms with Crippen LogP contribution < -0.4 is 22.1 Å². The number of nitrogens with one attached hydrogen (secondary N) is 2. The molecule has 7 nitrogen and oxygen atoms in total. The van der Waals surface area contributed by atoms with Gasteiger partial charge in [-0.1, -0.05) is 24.3 Å². The SMILES string of the molecule is Cc1cc(C(=O)Nc2ccccc2N)c(O)c(C(=O)Nc2ccccc2N)c1. The number of hydrogen-bond acceptors (Lipinski definition) is 5. The number of carbonyl (C=O) groups excluding carboxylic acids is 2. The van der Waals surface area contributed by atoms with Crippen molar-refractivity contribution in [3.8, 4) is 5.75 Å². The number of anilines is 4. The first-order chi connectivity index (χ1) is 13.4. The van der Waals surface area contributed by atoms with Crippen LogP contribution in [0.3, 0.4) is 0 Å². The Bertz CT molecular complexity index is 983. The fourth-order valence-electron chi connectivity index (χ4n) is 2.73. The van der Waals surface area contributed by atoms with E-state index in [1.165, 1.54) is 12.1 Å². The number of rotatable bonds is 4. The van der Waals surface area contributed by atoms with E-state index in [1.807, 2.05) is 0 Å². The molecule has 28 heavy (non-hydrogen) atoms. The van der Waals surface area contributed by atoms with Gasteiger partial charge in [-0.05, 0) is 48.9 Å². The first kappa shape index (κ1) is 18.8. The maximum atomic E-state index is 12.6. The number of carbonyl (C=O) groups is 2. The summed E-state index contributed by atoms with van der Waals surface area (Å²) in [5.74, 6) is -1.58. The van der Waals surface area contributed by atoms with Crippen molar-refractivity contribution in [2.45, 2.75) is 6.92 Å². The van der Waals surface area contributed by atoms with Gasteiger partial charge in [-0.15, -0.1) is 0 Å². The fraction of sp³-hybridized carbons (Fsp3) is 0.0476. The van der Waals surface area contributed by atoms with E-state index < -0.39 is 17.6 Å². The largest absolute Gasteiger partial charge is 0.506 e. The monoisotopic (exact) mass is 376 g/mol. The van der Waals surface area contributed by atoms with Crippen molar-refractivity contribution >= 4 is 34.6 Å². The van der Waals surface area contributed by atoms with Crippen LogP contribution in [0.4, 0.5) is 22.7 Å². The van der Waals surface area contributed by atoms with Gasteiger partial charge in [0.15, 0.2) is 0 Å². The molecule has 0 radical (unpaired) electrons. The molecule has 0 saturated carbocycles. The molecule has 142 valence electrons. The van der Waals surface area contributed by atoms with Crippen LogP contribution in [0.15, 0.2) is 60.7 Å². The zero-order chi connectivity index (χ0) is 20.3. The lowest BCUT2D eigenvalue weighted by atomic mass is 10.0. The number of phenols is 1. The number of amides is 2. The van der Waals surface area contributed by atoms with E-state index in [2.05, 4.69) is 10.6 Å². The summed E-state index contributed by atoms with van der Waals surface area (Å²) in [5.41, 5.74) is 13.9. The maximum absolute atomic E-state index is 12.6. The Kier molecular flexibility index (Phi) is 5.17. The number of para-hydroxylation sites is 4. The zero-order valence-electron chi connectivity index (χ0n) is 15.2. The molecule has 0 aliphatic heterocycles. The first-order valence-electron chi connectivity index (χ1n) is 8.52. The van der Waals surface area contributed by atoms with Gasteiger partial charge in [-0.2, -0.15) is 0 Å². The highest BCUT2D eigenvalue weighted by atomic mass is 16.3. The third-order valence-electron chi connectivity index (χ3n) is 4.16. The molecule has 7 N–H and O–H groups in total. The van der Waals surface area contributed by atoms with Crippen molar-refractivity contribution in [1.82, 2.24) is 0 Å². The second-order valence-electron chi connectivity index (χ2n) is 6.29. The number of aromatic hydroxyl groups is 1. The Labute approximate surface area is 162 Å². The number of phenolic OH excluding ortho intramolecular Hbond substituents is 1. The number of benzene rings is 3. The Morgan fingerprint density at radius 3 is 1.57 bits per heavy atom. The van der Waals surface area contributed by atoms with Crippen LogP contribution in [0, 0.1) is 6.92 Å². The van der Waals surface area contributed by atoms with Gasteiger partial charge in [0, 0.05) is 0 Å². The summed E-state index contributed by atoms with van der Waals surface area (Å²) in [4.78, 5) is 25.3. The number of nitrogens with two attached hydrogens (primary N) is 2. The fourth-order valence-corrected chi connectivity index (χ4v) is 2.73. The van der Waals surface area contributed by atoms with Gasteiger partial charge < -0.3 is 27.2 Å². The van der Waals surface area contributed by atoms with Gasteiger partial charge in [0.25, 0.3) is 11.8 Å². The Hall–Kier alpha value is -4.00. The van der Waals surface area contributed by atoms with Crippen LogP contribution in [0.5, 0.6) is 5.75 Å². The molecule has 0 heterocycles. The van der Waals surface area contributed by atoms with Crippen LogP contribution in [-0.2, 0) is 0 Å². The average Bonchev–Trinajstić information content (AvgIpc) is 2.66. The standard InChI is InChI=1S/C21H20N4O3/c1-12-10-13(20(27)24-17-8-4-2-6-15(17)22)19(26)14(11-12)21(28)25-18-9-5-3-7-16(18)23/h2-11,26H,22-23H2,1H3,(H,24,27)(H,25,28). The minimum absolute atomic E-state index is 0.0329. The van der Waals surface area contributed by atoms with Gasteiger partial charge >= 0.3 is 0 Å². The topological polar surface area (TPSA) is 130 Å². The Balaban J connectivity index is 1.91. The summed E-state index contributed by atoms with van der Waals surface area (Å²) in [5, 5.41) is 15.9. The summed E-state index contributed by atoms with van der Waals surface area (Å²) >= 11 is 0. The maximum Gasteiger partial charge on any atom is 0.259 e. The Morgan fingerprint density at radius 1 is 0.786 bits per heavy atom. The van der Waals surface area contributed by atoms with Crippen molar-refractivity contribution in [3.05, 3.63) is 77.4 Å². The molecule has 0 atom stereocenters. The lowest BCUT2D eigenvalue weighted by Crippen LogP contribution is -2.17. The predicted molar refractivity (Wildman–Crippen MR) is 110 cm³/mol. The summed E-state index contributed by atoms with van der Waals surface area (Å²) < 4.78 is 0. The normalized spacial score (nSPS) is 10.3. The summed E-state index contributed by atoms with van der Waals surface area (Å²) in [6.07, 6.45) is 0. The van der Waals surface area contributed by atoms with Crippen LogP contribution >= 0.6 is 0 Å². The average molecular weight is 376 g/mol. The molecule has 3 aromatic carbocycles. The van der Waals surface area contributed by atoms with Gasteiger partial charge in [0.1, 0.15) is 5.75 Å². The summed E-state index contributed by atoms with van der Waals surface area (Å²) in [6.45, 7) is 1.72. The van der Waals surface area contributed by atoms with Crippen LogP contribution in [0.25, 0.3) is 0 Å². The molecule has 3 aromatic rings. The molecule has 0 spiro atoms. The predicted octanol–water partition coefficient (Wildman–Crippen LogP) is 3.37. The molecule has 0 aliphatic carbocycles. The van der Waals surface area contributed by atoms with Crippen molar-refractivity contribution in [1.29, 1.82) is 0 Å². The summed E-state index contributed by atoms with van der Waals surface area (Å²) in [6, 6.07) is 16.5. The van der Waals surface area contributed by atoms with Crippen LogP contribution in [0.2, 0.25) is 0 Å². The lowest BCUT2D eigenvalue weighted by molar-refractivity contribution is 0.102. The minimum atomic E-state index is -0.577. The van der Waals surface area contributed by atoms with Crippen LogP contribution in [0.1, 0.15) is 26.3 Å². The van der Waals surface area contributed by atoms with E-state index in [9.17, 15) is 14.7 Å². The molecular formula is C21H20N4O3. The van der Waals surface area contributed by atoms with E-state index in [4.69, 9.17) is 11.5 Å². The third kappa shape index (κ3) is 3.88. The molecule has 0 unspecified atom stereocenters. The van der Waals surface area contributed by atoms with Crippen molar-refractivity contribution < 1.29 is 14.7 Å². The van der Waals surface area contributed by atoms with Crippen LogP contribution in [-0.4, -0.2) is 16.9 Å². The van der Waals surface area contributed by atoms with Gasteiger partial charge in [0.05, 0.1) is 33.9 Å². The van der Waals surface area contributed by atoms with E-state index in [0.717, 1.165) is 0 Å². The highest BCUT2D eigenvalue weighted by molar-refractivity contribution is 6.13. The molecular weight excluding hydrogens is 356 g/mol. The van der Waals surface area contributed by atoms with Gasteiger partial charge in [0.2, 0.25) is 0 Å². The lowest BCUT2D eigenvalue weighted by Gasteiger charge is -2.13. The molecule has 0 aliphatic rings. The Morgan fingerprint density at radius 2 is 1.18 bits per heavy atom. The molecule has 3 rings (SSSR count). The molecule has 0 aromatic heterocycles. The van der Waals surface area contributed by atoms with E-state index in [0.29, 0.717) is 28.3 Å². The highest BCUT2D eigenvalue weighted by Crippen LogP contribution is 2.28. The smallest absolute Gasteiger partial charge is 0.259 e. The number of aryl methyl sites for hydroxylation is 1. The van der Waals surface area contributed by atoms with Gasteiger partial charge in [-0.3, -0.25) is 9.59 Å². The minimum Gasteiger partial charge on any atom is -0.506 e. The quantitative estimate of drug-likeness (QED) is 0.446. The number of nitrogen functional groups attached to an aromatic ring is 2. The van der Waals surface area contributed by atoms with Crippen molar-refractivity contribution in [3.63, 3.8) is 0 Å². The molecule has 2 amide bonds. The molecule has 0 fully saturated rings. The highest BCUT2D eigenvalue weighted by Gasteiger charge is 2.21. The molecule has 7 heteroatoms.